The Morgan fingerprint density at radius 2 is 2.20 bits per heavy atom. The molecule has 0 aliphatic rings. The van der Waals surface area contributed by atoms with Crippen molar-refractivity contribution >= 4 is 17.6 Å². The highest BCUT2D eigenvalue weighted by Gasteiger charge is 2.23. The summed E-state index contributed by atoms with van der Waals surface area (Å²) in [7, 11) is 0. The van der Waals surface area contributed by atoms with Gasteiger partial charge in [-0.25, -0.2) is 9.78 Å². The van der Waals surface area contributed by atoms with Crippen LogP contribution >= 0.6 is 11.6 Å². The lowest BCUT2D eigenvalue weighted by atomic mass is 10.1. The molecule has 106 valence electrons. The molecule has 0 aromatic carbocycles. The van der Waals surface area contributed by atoms with Gasteiger partial charge in [0.2, 0.25) is 0 Å². The van der Waals surface area contributed by atoms with Gasteiger partial charge in [0.25, 0.3) is 0 Å². The first-order valence-corrected chi connectivity index (χ1v) is 6.60. The minimum atomic E-state index is -0.442. The van der Waals surface area contributed by atoms with E-state index in [9.17, 15) is 4.79 Å². The second kappa shape index (κ2) is 6.05. The molecular formula is C14H15ClN2O3. The van der Waals surface area contributed by atoms with Gasteiger partial charge in [0, 0.05) is 17.7 Å². The number of rotatable bonds is 4. The fourth-order valence-corrected chi connectivity index (χ4v) is 1.85. The van der Waals surface area contributed by atoms with Crippen LogP contribution in [0.2, 0.25) is 5.15 Å². The maximum absolute atomic E-state index is 12.1. The van der Waals surface area contributed by atoms with Crippen LogP contribution in [0.1, 0.15) is 47.1 Å². The van der Waals surface area contributed by atoms with Crippen molar-refractivity contribution in [3.8, 4) is 0 Å². The minimum Gasteiger partial charge on any atom is -0.457 e. The first-order valence-electron chi connectivity index (χ1n) is 6.22. The zero-order chi connectivity index (χ0) is 14.7. The molecule has 2 aromatic rings. The van der Waals surface area contributed by atoms with Crippen LogP contribution in [-0.4, -0.2) is 16.1 Å². The predicted molar refractivity (Wildman–Crippen MR) is 73.7 cm³/mol. The third-order valence-electron chi connectivity index (χ3n) is 2.78. The molecule has 0 atom stereocenters. The average molecular weight is 295 g/mol. The average Bonchev–Trinajstić information content (AvgIpc) is 2.80. The van der Waals surface area contributed by atoms with Crippen molar-refractivity contribution in [1.29, 1.82) is 0 Å². The van der Waals surface area contributed by atoms with E-state index in [0.717, 1.165) is 5.56 Å². The summed E-state index contributed by atoms with van der Waals surface area (Å²) in [5, 5.41) is 4.22. The highest BCUT2D eigenvalue weighted by molar-refractivity contribution is 6.29. The standard InChI is InChI=1S/C14H15ClN2O3/c1-8(2)13-12(9(3)17-20-13)14(18)19-7-10-4-5-11(15)16-6-10/h4-6,8H,7H2,1-3H3. The fourth-order valence-electron chi connectivity index (χ4n) is 1.74. The quantitative estimate of drug-likeness (QED) is 0.637. The first-order chi connectivity index (χ1) is 9.49. The molecule has 0 bridgehead atoms. The number of halogens is 1. The molecular weight excluding hydrogens is 280 g/mol. The van der Waals surface area contributed by atoms with E-state index in [1.807, 2.05) is 13.8 Å². The van der Waals surface area contributed by atoms with Crippen LogP contribution < -0.4 is 0 Å². The molecule has 0 saturated heterocycles. The SMILES string of the molecule is Cc1noc(C(C)C)c1C(=O)OCc1ccc(Cl)nc1. The molecule has 2 rings (SSSR count). The maximum Gasteiger partial charge on any atom is 0.344 e. The number of hydrogen-bond acceptors (Lipinski definition) is 5. The number of carbonyl (C=O) groups is 1. The maximum atomic E-state index is 12.1. The normalized spacial score (nSPS) is 10.8. The molecule has 20 heavy (non-hydrogen) atoms. The Bertz CT molecular complexity index is 605. The summed E-state index contributed by atoms with van der Waals surface area (Å²) in [6, 6.07) is 3.40. The number of pyridine rings is 1. The Morgan fingerprint density at radius 1 is 1.45 bits per heavy atom. The molecule has 0 spiro atoms. The van der Waals surface area contributed by atoms with Gasteiger partial charge in [-0.15, -0.1) is 0 Å². The van der Waals surface area contributed by atoms with Crippen LogP contribution in [0.15, 0.2) is 22.9 Å². The van der Waals surface area contributed by atoms with Gasteiger partial charge in [0.15, 0.2) is 5.76 Å². The van der Waals surface area contributed by atoms with E-state index in [-0.39, 0.29) is 12.5 Å². The molecule has 0 fully saturated rings. The van der Waals surface area contributed by atoms with Gasteiger partial charge in [0.1, 0.15) is 17.3 Å². The van der Waals surface area contributed by atoms with E-state index in [4.69, 9.17) is 20.9 Å². The Morgan fingerprint density at radius 3 is 2.80 bits per heavy atom. The molecule has 0 unspecified atom stereocenters. The number of aryl methyl sites for hydroxylation is 1. The second-order valence-corrected chi connectivity index (χ2v) is 5.11. The topological polar surface area (TPSA) is 65.2 Å². The molecule has 5 nitrogen and oxygen atoms in total. The largest absolute Gasteiger partial charge is 0.457 e. The van der Waals surface area contributed by atoms with E-state index in [1.54, 1.807) is 25.3 Å². The van der Waals surface area contributed by atoms with Crippen LogP contribution in [-0.2, 0) is 11.3 Å². The third kappa shape index (κ3) is 3.17. The van der Waals surface area contributed by atoms with Gasteiger partial charge < -0.3 is 9.26 Å². The number of nitrogens with zero attached hydrogens (tertiary/aromatic N) is 2. The lowest BCUT2D eigenvalue weighted by Crippen LogP contribution is -2.09. The van der Waals surface area contributed by atoms with Crippen molar-refractivity contribution < 1.29 is 14.1 Å². The Labute approximate surface area is 121 Å². The van der Waals surface area contributed by atoms with E-state index >= 15 is 0 Å². The summed E-state index contributed by atoms with van der Waals surface area (Å²) in [6.45, 7) is 5.71. The third-order valence-corrected chi connectivity index (χ3v) is 3.00. The summed E-state index contributed by atoms with van der Waals surface area (Å²) in [5.74, 6) is 0.167. The smallest absolute Gasteiger partial charge is 0.344 e. The Kier molecular flexibility index (Phi) is 4.39. The van der Waals surface area contributed by atoms with Crippen molar-refractivity contribution in [3.63, 3.8) is 0 Å². The number of aromatic nitrogens is 2. The van der Waals surface area contributed by atoms with Gasteiger partial charge in [-0.3, -0.25) is 0 Å². The van der Waals surface area contributed by atoms with Gasteiger partial charge in [-0.1, -0.05) is 36.7 Å². The second-order valence-electron chi connectivity index (χ2n) is 4.73. The summed E-state index contributed by atoms with van der Waals surface area (Å²) in [5.41, 5.74) is 1.71. The van der Waals surface area contributed by atoms with Gasteiger partial charge >= 0.3 is 5.97 Å². The highest BCUT2D eigenvalue weighted by Crippen LogP contribution is 2.23. The molecule has 0 saturated carbocycles. The molecule has 0 N–H and O–H groups in total. The van der Waals surface area contributed by atoms with Crippen molar-refractivity contribution in [2.45, 2.75) is 33.3 Å². The molecule has 0 amide bonds. The lowest BCUT2D eigenvalue weighted by molar-refractivity contribution is 0.0468. The molecule has 2 heterocycles. The van der Waals surface area contributed by atoms with E-state index in [1.165, 1.54) is 0 Å². The predicted octanol–water partition coefficient (Wildman–Crippen LogP) is 3.51. The lowest BCUT2D eigenvalue weighted by Gasteiger charge is -2.06. The first kappa shape index (κ1) is 14.5. The molecule has 0 aliphatic carbocycles. The zero-order valence-corrected chi connectivity index (χ0v) is 12.3. The number of carbonyl (C=O) groups excluding carboxylic acids is 1. The summed E-state index contributed by atoms with van der Waals surface area (Å²) < 4.78 is 10.4. The molecule has 6 heteroatoms. The summed E-state index contributed by atoms with van der Waals surface area (Å²) in [4.78, 5) is 16.0. The van der Waals surface area contributed by atoms with E-state index in [0.29, 0.717) is 22.2 Å². The van der Waals surface area contributed by atoms with Crippen LogP contribution in [0.3, 0.4) is 0 Å². The Hall–Kier alpha value is -1.88. The number of hydrogen-bond donors (Lipinski definition) is 0. The van der Waals surface area contributed by atoms with Crippen LogP contribution in [0.5, 0.6) is 0 Å². The fraction of sp³-hybridized carbons (Fsp3) is 0.357. The van der Waals surface area contributed by atoms with Gasteiger partial charge in [-0.05, 0) is 13.0 Å². The summed E-state index contributed by atoms with van der Waals surface area (Å²) >= 11 is 5.69. The van der Waals surface area contributed by atoms with Crippen LogP contribution in [0, 0.1) is 6.92 Å². The van der Waals surface area contributed by atoms with Gasteiger partial charge in [0.05, 0.1) is 5.69 Å². The number of esters is 1. The molecule has 0 radical (unpaired) electrons. The van der Waals surface area contributed by atoms with E-state index in [2.05, 4.69) is 10.1 Å². The van der Waals surface area contributed by atoms with Crippen LogP contribution in [0.4, 0.5) is 0 Å². The van der Waals surface area contributed by atoms with Crippen molar-refractivity contribution in [2.75, 3.05) is 0 Å². The molecule has 2 aromatic heterocycles. The monoisotopic (exact) mass is 294 g/mol. The van der Waals surface area contributed by atoms with Crippen molar-refractivity contribution in [3.05, 3.63) is 46.1 Å². The highest BCUT2D eigenvalue weighted by atomic mass is 35.5. The van der Waals surface area contributed by atoms with Crippen molar-refractivity contribution in [2.24, 2.45) is 0 Å². The van der Waals surface area contributed by atoms with Gasteiger partial charge in [-0.2, -0.15) is 0 Å². The molecule has 0 aliphatic heterocycles. The van der Waals surface area contributed by atoms with E-state index < -0.39 is 5.97 Å². The number of ether oxygens (including phenoxy) is 1. The minimum absolute atomic E-state index is 0.0657. The summed E-state index contributed by atoms with van der Waals surface area (Å²) in [6.07, 6.45) is 1.57. The van der Waals surface area contributed by atoms with Crippen LogP contribution in [0.25, 0.3) is 0 Å². The Balaban J connectivity index is 2.09. The van der Waals surface area contributed by atoms with Crippen molar-refractivity contribution in [1.82, 2.24) is 10.1 Å². The zero-order valence-electron chi connectivity index (χ0n) is 11.5.